The first kappa shape index (κ1) is 41.2. The Morgan fingerprint density at radius 2 is 1.21 bits per heavy atom. The summed E-state index contributed by atoms with van der Waals surface area (Å²) in [6, 6.07) is 18.7. The van der Waals surface area contributed by atoms with E-state index in [2.05, 4.69) is 101 Å². The Kier molecular flexibility index (Phi) is 21.7. The molecule has 0 unspecified atom stereocenters. The van der Waals surface area contributed by atoms with Gasteiger partial charge in [0.2, 0.25) is 5.91 Å². The van der Waals surface area contributed by atoms with E-state index in [1.807, 2.05) is 18.2 Å². The summed E-state index contributed by atoms with van der Waals surface area (Å²) in [6.07, 6.45) is 13.9. The number of guanidine groups is 1. The summed E-state index contributed by atoms with van der Waals surface area (Å²) in [4.78, 5) is 18.5. The number of hydrogen-bond donors (Lipinski definition) is 3. The normalized spacial score (nSPS) is 11.7. The minimum Gasteiger partial charge on any atom is -0.354 e. The molecule has 1 atom stereocenters. The second-order valence-electron chi connectivity index (χ2n) is 12.2. The molecule has 1 amide bonds. The molecule has 0 bridgehead atoms. The number of nitrogens with one attached hydrogen (secondary N) is 3. The number of rotatable bonds is 18. The molecule has 244 valence electrons. The van der Waals surface area contributed by atoms with E-state index in [0.29, 0.717) is 12.4 Å². The minimum absolute atomic E-state index is 0. The lowest BCUT2D eigenvalue weighted by Gasteiger charge is -2.28. The summed E-state index contributed by atoms with van der Waals surface area (Å²) in [7, 11) is -1.02. The van der Waals surface area contributed by atoms with Gasteiger partial charge in [-0.2, -0.15) is 0 Å². The summed E-state index contributed by atoms with van der Waals surface area (Å²) < 4.78 is 0. The number of benzene rings is 2. The van der Waals surface area contributed by atoms with Crippen molar-refractivity contribution in [3.8, 4) is 0 Å². The predicted molar refractivity (Wildman–Crippen MR) is 197 cm³/mol. The molecular weight excluding hydrogens is 594 g/mol. The molecule has 2 rings (SSSR count). The first-order valence-electron chi connectivity index (χ1n) is 16.1. The Morgan fingerprint density at radius 3 is 1.65 bits per heavy atom. The maximum Gasteiger partial charge on any atom is 0.249 e. The molecule has 0 heterocycles. The lowest BCUT2D eigenvalue weighted by atomic mass is 10.1. The van der Waals surface area contributed by atoms with Gasteiger partial charge in [-0.15, -0.1) is 24.8 Å². The van der Waals surface area contributed by atoms with E-state index in [-0.39, 0.29) is 42.8 Å². The van der Waals surface area contributed by atoms with Crippen LogP contribution in [0.4, 0.5) is 5.69 Å². The van der Waals surface area contributed by atoms with Crippen LogP contribution in [0.1, 0.15) is 98.1 Å². The van der Waals surface area contributed by atoms with Crippen LogP contribution in [0, 0.1) is 0 Å². The zero-order valence-electron chi connectivity index (χ0n) is 27.8. The summed E-state index contributed by atoms with van der Waals surface area (Å²) in [6.45, 7) is 15.3. The van der Waals surface area contributed by atoms with Crippen LogP contribution in [0.5, 0.6) is 0 Å². The van der Waals surface area contributed by atoms with E-state index >= 15 is 0 Å². The third kappa shape index (κ3) is 16.2. The van der Waals surface area contributed by atoms with Crippen LogP contribution in [0.3, 0.4) is 0 Å². The van der Waals surface area contributed by atoms with Crippen molar-refractivity contribution in [2.24, 2.45) is 4.99 Å². The van der Waals surface area contributed by atoms with Gasteiger partial charge in [0.25, 0.3) is 0 Å². The monoisotopic (exact) mass is 653 g/mol. The van der Waals surface area contributed by atoms with Crippen molar-refractivity contribution in [2.45, 2.75) is 118 Å². The fourth-order valence-corrected chi connectivity index (χ4v) is 10.3. The summed E-state index contributed by atoms with van der Waals surface area (Å²) in [5.41, 5.74) is 3.34. The zero-order valence-corrected chi connectivity index (χ0v) is 30.4. The molecule has 0 saturated heterocycles. The van der Waals surface area contributed by atoms with Gasteiger partial charge in [-0.05, 0) is 70.2 Å². The van der Waals surface area contributed by atoms with Crippen molar-refractivity contribution in [3.63, 3.8) is 0 Å². The molecule has 43 heavy (non-hydrogen) atoms. The minimum atomic E-state index is -1.02. The first-order chi connectivity index (χ1) is 19.7. The summed E-state index contributed by atoms with van der Waals surface area (Å²) in [5.74, 6) is 0.568. The Labute approximate surface area is 276 Å². The van der Waals surface area contributed by atoms with E-state index in [9.17, 15) is 4.79 Å². The van der Waals surface area contributed by atoms with Gasteiger partial charge in [0.15, 0.2) is 5.96 Å². The van der Waals surface area contributed by atoms with Crippen LogP contribution in [-0.4, -0.2) is 48.5 Å². The molecule has 0 radical (unpaired) electrons. The molecule has 0 aliphatic heterocycles. The summed E-state index contributed by atoms with van der Waals surface area (Å²) in [5, 5.41) is 9.94. The van der Waals surface area contributed by atoms with Gasteiger partial charge in [0.1, 0.15) is 6.04 Å². The average Bonchev–Trinajstić information content (AvgIpc) is 2.94. The van der Waals surface area contributed by atoms with Crippen LogP contribution in [0.2, 0.25) is 0 Å². The molecule has 0 spiro atoms. The molecular formula is C35H60Cl2N4OP+. The van der Waals surface area contributed by atoms with Crippen molar-refractivity contribution in [3.05, 3.63) is 65.7 Å². The van der Waals surface area contributed by atoms with Gasteiger partial charge in [-0.3, -0.25) is 4.79 Å². The fourth-order valence-electron chi connectivity index (χ4n) is 5.21. The highest BCUT2D eigenvalue weighted by atomic mass is 35.5. The van der Waals surface area contributed by atoms with E-state index in [4.69, 9.17) is 4.99 Å². The third-order valence-corrected chi connectivity index (χ3v) is 12.2. The number of amides is 1. The van der Waals surface area contributed by atoms with Crippen LogP contribution in [0.25, 0.3) is 0 Å². The highest BCUT2D eigenvalue weighted by molar-refractivity contribution is 7.75. The molecule has 2 aromatic rings. The van der Waals surface area contributed by atoms with Crippen molar-refractivity contribution < 1.29 is 4.79 Å². The average molecular weight is 655 g/mol. The lowest BCUT2D eigenvalue weighted by molar-refractivity contribution is -0.117. The predicted octanol–water partition coefficient (Wildman–Crippen LogP) is 9.35. The van der Waals surface area contributed by atoms with Gasteiger partial charge in [0, 0.05) is 31.5 Å². The Morgan fingerprint density at radius 1 is 0.721 bits per heavy atom. The topological polar surface area (TPSA) is 65.5 Å². The second kappa shape index (κ2) is 22.7. The quantitative estimate of drug-likeness (QED) is 0.0853. The number of anilines is 1. The Bertz CT molecular complexity index is 998. The van der Waals surface area contributed by atoms with Gasteiger partial charge < -0.3 is 16.0 Å². The Hall–Kier alpha value is -1.81. The maximum atomic E-state index is 13.6. The molecule has 2 aromatic carbocycles. The van der Waals surface area contributed by atoms with Crippen LogP contribution < -0.4 is 16.0 Å². The van der Waals surface area contributed by atoms with Crippen LogP contribution >= 0.6 is 32.1 Å². The number of hydrogen-bond acceptors (Lipinski definition) is 2. The number of carbonyl (C=O) groups excluding carboxylic acids is 1. The van der Waals surface area contributed by atoms with E-state index in [1.165, 1.54) is 68.7 Å². The first-order valence-corrected chi connectivity index (χ1v) is 18.6. The molecule has 0 aromatic heterocycles. The van der Waals surface area contributed by atoms with E-state index in [0.717, 1.165) is 11.3 Å². The van der Waals surface area contributed by atoms with E-state index < -0.39 is 13.3 Å². The number of nitrogens with zero attached hydrogens (tertiary/aromatic N) is 1. The molecule has 0 aliphatic carbocycles. The third-order valence-electron chi connectivity index (χ3n) is 7.41. The van der Waals surface area contributed by atoms with Crippen molar-refractivity contribution in [1.29, 1.82) is 0 Å². The van der Waals surface area contributed by atoms with Gasteiger partial charge >= 0.3 is 0 Å². The lowest BCUT2D eigenvalue weighted by Crippen LogP contribution is -2.46. The molecule has 5 nitrogen and oxygen atoms in total. The smallest absolute Gasteiger partial charge is 0.249 e. The zero-order chi connectivity index (χ0) is 30.1. The number of carbonyl (C=O) groups is 1. The highest BCUT2D eigenvalue weighted by Crippen LogP contribution is 2.63. The number of aliphatic imine (C=N–C) groups is 1. The SMILES string of the molecule is CCCC[P+](CCCC)(CCCC)Cc1ccc(NC(=O)[C@H](Cc2ccccc2)N=C(NC(C)C)NC(C)C)cc1.Cl.Cl. The summed E-state index contributed by atoms with van der Waals surface area (Å²) >= 11 is 0. The van der Waals surface area contributed by atoms with Crippen molar-refractivity contribution in [1.82, 2.24) is 10.6 Å². The van der Waals surface area contributed by atoms with Crippen molar-refractivity contribution in [2.75, 3.05) is 23.8 Å². The van der Waals surface area contributed by atoms with Gasteiger partial charge in [-0.25, -0.2) is 4.99 Å². The molecule has 0 fully saturated rings. The highest BCUT2D eigenvalue weighted by Gasteiger charge is 2.35. The number of unbranched alkanes of at least 4 members (excludes halogenated alkanes) is 3. The largest absolute Gasteiger partial charge is 0.354 e. The van der Waals surface area contributed by atoms with Gasteiger partial charge in [0.05, 0.1) is 24.6 Å². The molecule has 3 N–H and O–H groups in total. The van der Waals surface area contributed by atoms with E-state index in [1.54, 1.807) is 0 Å². The molecule has 0 aliphatic rings. The van der Waals surface area contributed by atoms with Crippen LogP contribution in [-0.2, 0) is 17.4 Å². The molecule has 0 saturated carbocycles. The number of halogens is 2. The van der Waals surface area contributed by atoms with Crippen molar-refractivity contribution >= 4 is 49.6 Å². The van der Waals surface area contributed by atoms with Gasteiger partial charge in [-0.1, -0.05) is 82.5 Å². The Balaban J connectivity index is 0.00000882. The second-order valence-corrected chi connectivity index (χ2v) is 16.5. The van der Waals surface area contributed by atoms with Crippen LogP contribution in [0.15, 0.2) is 59.6 Å². The maximum absolute atomic E-state index is 13.6. The molecule has 8 heteroatoms. The standard InChI is InChI=1S/C35H57N4OP.2ClH/c1-8-11-23-41(24-12-9-2,25-13-10-3)27-31-19-21-32(22-20-31)38-34(40)33(26-30-17-15-14-16-18-30)39-35(36-28(4)5)37-29(6)7;;/h14-22,28-29,33H,8-13,23-27H2,1-7H3,(H2-,36,37,38,39,40);2*1H/p+1/t33-;;/m0../s1. The fraction of sp³-hybridized carbons (Fsp3) is 0.600.